The molecule has 1 aromatic heterocycles. The van der Waals surface area contributed by atoms with Crippen molar-refractivity contribution >= 4 is 10.9 Å². The van der Waals surface area contributed by atoms with Gasteiger partial charge >= 0.3 is 0 Å². The minimum Gasteiger partial charge on any atom is -0.465 e. The van der Waals surface area contributed by atoms with Crippen molar-refractivity contribution in [2.75, 3.05) is 0 Å². The molecule has 0 fully saturated rings. The van der Waals surface area contributed by atoms with Crippen LogP contribution in [0.5, 0.6) is 5.75 Å². The van der Waals surface area contributed by atoms with Crippen LogP contribution in [-0.4, -0.2) is 4.57 Å². The summed E-state index contributed by atoms with van der Waals surface area (Å²) in [5.74, 6) is 0.941. The van der Waals surface area contributed by atoms with Gasteiger partial charge in [-0.05, 0) is 24.3 Å². The Kier molecular flexibility index (Phi) is 2.59. The number of aromatic nitrogens is 1. The first-order valence-corrected chi connectivity index (χ1v) is 7.83. The highest BCUT2D eigenvalue weighted by Gasteiger charge is 2.28. The smallest absolute Gasteiger partial charge is 0.203 e. The van der Waals surface area contributed by atoms with Gasteiger partial charge in [0.1, 0.15) is 5.75 Å². The van der Waals surface area contributed by atoms with E-state index in [9.17, 15) is 0 Å². The molecule has 3 aromatic carbocycles. The Morgan fingerprint density at radius 1 is 0.739 bits per heavy atom. The van der Waals surface area contributed by atoms with Crippen LogP contribution in [0.1, 0.15) is 11.8 Å². The van der Waals surface area contributed by atoms with Crippen LogP contribution in [0.2, 0.25) is 0 Å². The van der Waals surface area contributed by atoms with E-state index in [-0.39, 0.29) is 6.23 Å². The van der Waals surface area contributed by atoms with Crippen LogP contribution >= 0.6 is 0 Å². The molecule has 0 saturated heterocycles. The van der Waals surface area contributed by atoms with Crippen molar-refractivity contribution in [2.24, 2.45) is 0 Å². The molecule has 2 heterocycles. The van der Waals surface area contributed by atoms with Gasteiger partial charge in [-0.1, -0.05) is 60.7 Å². The van der Waals surface area contributed by atoms with Gasteiger partial charge in [-0.15, -0.1) is 0 Å². The third-order valence-corrected chi connectivity index (χ3v) is 4.47. The average Bonchev–Trinajstić information content (AvgIpc) is 3.02. The van der Waals surface area contributed by atoms with E-state index in [1.165, 1.54) is 16.6 Å². The van der Waals surface area contributed by atoms with Crippen LogP contribution in [0.15, 0.2) is 84.9 Å². The van der Waals surface area contributed by atoms with E-state index in [4.69, 9.17) is 4.74 Å². The zero-order valence-electron chi connectivity index (χ0n) is 12.5. The molecule has 2 nitrogen and oxygen atoms in total. The van der Waals surface area contributed by atoms with Gasteiger partial charge in [0, 0.05) is 16.5 Å². The lowest BCUT2D eigenvalue weighted by molar-refractivity contribution is 0.173. The van der Waals surface area contributed by atoms with Gasteiger partial charge in [-0.2, -0.15) is 0 Å². The fourth-order valence-electron chi connectivity index (χ4n) is 3.42. The van der Waals surface area contributed by atoms with Gasteiger partial charge in [0.25, 0.3) is 0 Å². The summed E-state index contributed by atoms with van der Waals surface area (Å²) >= 11 is 0. The second kappa shape index (κ2) is 4.75. The van der Waals surface area contributed by atoms with E-state index in [1.807, 2.05) is 18.2 Å². The molecule has 0 saturated carbocycles. The van der Waals surface area contributed by atoms with Crippen molar-refractivity contribution < 1.29 is 4.74 Å². The summed E-state index contributed by atoms with van der Waals surface area (Å²) < 4.78 is 8.67. The Bertz CT molecular complexity index is 1000. The van der Waals surface area contributed by atoms with Gasteiger partial charge in [0.2, 0.25) is 6.23 Å². The van der Waals surface area contributed by atoms with Gasteiger partial charge in [0.05, 0.1) is 11.2 Å². The van der Waals surface area contributed by atoms with Gasteiger partial charge in [0.15, 0.2) is 0 Å². The minimum absolute atomic E-state index is 0.138. The molecule has 110 valence electrons. The number of benzene rings is 3. The SMILES string of the molecule is c1ccc(C2Oc3ccccc3-c3cc4ccccc4n32)cc1. The highest BCUT2D eigenvalue weighted by atomic mass is 16.5. The number of nitrogens with zero attached hydrogens (tertiary/aromatic N) is 1. The summed E-state index contributed by atoms with van der Waals surface area (Å²) in [5, 5.41) is 1.24. The van der Waals surface area contributed by atoms with E-state index in [2.05, 4.69) is 71.3 Å². The Morgan fingerprint density at radius 3 is 2.39 bits per heavy atom. The second-order valence-corrected chi connectivity index (χ2v) is 5.84. The fourth-order valence-corrected chi connectivity index (χ4v) is 3.42. The molecule has 1 aliphatic heterocycles. The Hall–Kier alpha value is -3.00. The fraction of sp³-hybridized carbons (Fsp3) is 0.0476. The standard InChI is InChI=1S/C21H15NO/c1-2-8-15(9-3-1)21-22-18-12-6-4-10-16(18)14-19(22)17-11-5-7-13-20(17)23-21/h1-14,21H. The molecule has 5 rings (SSSR count). The molecule has 1 atom stereocenters. The van der Waals surface area contributed by atoms with E-state index >= 15 is 0 Å². The molecule has 0 radical (unpaired) electrons. The zero-order valence-corrected chi connectivity index (χ0v) is 12.5. The summed E-state index contributed by atoms with van der Waals surface area (Å²) in [6.45, 7) is 0. The molecule has 0 spiro atoms. The Balaban J connectivity index is 1.85. The number of para-hydroxylation sites is 2. The molecule has 1 unspecified atom stereocenters. The van der Waals surface area contributed by atoms with Crippen molar-refractivity contribution in [3.8, 4) is 17.0 Å². The molecule has 1 aliphatic rings. The highest BCUT2D eigenvalue weighted by Crippen LogP contribution is 2.43. The van der Waals surface area contributed by atoms with Gasteiger partial charge < -0.3 is 9.30 Å². The molecule has 0 N–H and O–H groups in total. The number of rotatable bonds is 1. The first-order chi connectivity index (χ1) is 11.4. The first-order valence-electron chi connectivity index (χ1n) is 7.83. The van der Waals surface area contributed by atoms with Crippen molar-refractivity contribution in [1.82, 2.24) is 4.57 Å². The molecular weight excluding hydrogens is 282 g/mol. The molecule has 0 amide bonds. The molecular formula is C21H15NO. The second-order valence-electron chi connectivity index (χ2n) is 5.84. The molecule has 23 heavy (non-hydrogen) atoms. The third kappa shape index (κ3) is 1.82. The zero-order chi connectivity index (χ0) is 15.2. The summed E-state index contributed by atoms with van der Waals surface area (Å²) in [4.78, 5) is 0. The topological polar surface area (TPSA) is 14.2 Å². The van der Waals surface area contributed by atoms with Crippen molar-refractivity contribution in [3.05, 3.63) is 90.5 Å². The minimum atomic E-state index is -0.138. The first kappa shape index (κ1) is 12.5. The lowest BCUT2D eigenvalue weighted by Crippen LogP contribution is -2.21. The van der Waals surface area contributed by atoms with E-state index < -0.39 is 0 Å². The summed E-state index contributed by atoms with van der Waals surface area (Å²) in [6.07, 6.45) is -0.138. The maximum atomic E-state index is 6.37. The van der Waals surface area contributed by atoms with Crippen LogP contribution in [0.4, 0.5) is 0 Å². The van der Waals surface area contributed by atoms with E-state index in [1.54, 1.807) is 0 Å². The normalized spacial score (nSPS) is 15.7. The summed E-state index contributed by atoms with van der Waals surface area (Å²) in [6, 6.07) is 29.4. The molecule has 0 bridgehead atoms. The quantitative estimate of drug-likeness (QED) is 0.468. The lowest BCUT2D eigenvalue weighted by atomic mass is 10.1. The summed E-state index contributed by atoms with van der Waals surface area (Å²) in [7, 11) is 0. The van der Waals surface area contributed by atoms with Crippen molar-refractivity contribution in [2.45, 2.75) is 6.23 Å². The third-order valence-electron chi connectivity index (χ3n) is 4.47. The highest BCUT2D eigenvalue weighted by molar-refractivity contribution is 5.89. The van der Waals surface area contributed by atoms with Crippen LogP contribution in [0, 0.1) is 0 Å². The van der Waals surface area contributed by atoms with Gasteiger partial charge in [-0.25, -0.2) is 0 Å². The average molecular weight is 297 g/mol. The van der Waals surface area contributed by atoms with Gasteiger partial charge in [-0.3, -0.25) is 0 Å². The molecule has 2 heteroatoms. The van der Waals surface area contributed by atoms with Crippen LogP contribution in [0.3, 0.4) is 0 Å². The monoisotopic (exact) mass is 297 g/mol. The maximum Gasteiger partial charge on any atom is 0.203 e. The predicted molar refractivity (Wildman–Crippen MR) is 92.6 cm³/mol. The van der Waals surface area contributed by atoms with Crippen LogP contribution in [-0.2, 0) is 0 Å². The van der Waals surface area contributed by atoms with Crippen molar-refractivity contribution in [1.29, 1.82) is 0 Å². The number of fused-ring (bicyclic) bond motifs is 5. The van der Waals surface area contributed by atoms with Crippen LogP contribution in [0.25, 0.3) is 22.2 Å². The van der Waals surface area contributed by atoms with Crippen molar-refractivity contribution in [3.63, 3.8) is 0 Å². The molecule has 0 aliphatic carbocycles. The molecule has 4 aromatic rings. The Morgan fingerprint density at radius 2 is 1.48 bits per heavy atom. The maximum absolute atomic E-state index is 6.37. The number of hydrogen-bond donors (Lipinski definition) is 0. The summed E-state index contributed by atoms with van der Waals surface area (Å²) in [5.41, 5.74) is 4.72. The number of hydrogen-bond acceptors (Lipinski definition) is 1. The lowest BCUT2D eigenvalue weighted by Gasteiger charge is -2.30. The Labute approximate surface area is 134 Å². The van der Waals surface area contributed by atoms with E-state index in [0.717, 1.165) is 16.9 Å². The van der Waals surface area contributed by atoms with Crippen LogP contribution < -0.4 is 4.74 Å². The van der Waals surface area contributed by atoms with E-state index in [0.29, 0.717) is 0 Å². The largest absolute Gasteiger partial charge is 0.465 e. The number of ether oxygens (including phenoxy) is 1. The predicted octanol–water partition coefficient (Wildman–Crippen LogP) is 5.25.